The number of nitrogens with one attached hydrogen (secondary N) is 2. The topological polar surface area (TPSA) is 131 Å². The van der Waals surface area contributed by atoms with Crippen molar-refractivity contribution in [2.24, 2.45) is 5.41 Å². The zero-order valence-electron chi connectivity index (χ0n) is 17.9. The van der Waals surface area contributed by atoms with Crippen LogP contribution in [-0.2, 0) is 10.0 Å². The van der Waals surface area contributed by atoms with Gasteiger partial charge in [0.2, 0.25) is 0 Å². The summed E-state index contributed by atoms with van der Waals surface area (Å²) in [5.41, 5.74) is 8.59. The number of carbonyl (C=O) groups is 1. The van der Waals surface area contributed by atoms with Crippen molar-refractivity contribution >= 4 is 38.3 Å². The molecule has 2 heterocycles. The molecule has 0 atom stereocenters. The fourth-order valence-electron chi connectivity index (χ4n) is 3.21. The van der Waals surface area contributed by atoms with Gasteiger partial charge in [-0.3, -0.25) is 9.52 Å². The maximum atomic E-state index is 12.8. The van der Waals surface area contributed by atoms with E-state index in [1.54, 1.807) is 36.7 Å². The van der Waals surface area contributed by atoms with E-state index in [1.165, 1.54) is 24.3 Å². The number of aromatic nitrogens is 3. The Morgan fingerprint density at radius 3 is 2.50 bits per heavy atom. The lowest BCUT2D eigenvalue weighted by Crippen LogP contribution is -2.20. The molecule has 0 bridgehead atoms. The third-order valence-corrected chi connectivity index (χ3v) is 6.30. The highest BCUT2D eigenvalue weighted by molar-refractivity contribution is 7.92. The minimum absolute atomic E-state index is 0.0415. The van der Waals surface area contributed by atoms with Gasteiger partial charge in [0.05, 0.1) is 22.3 Å². The lowest BCUT2D eigenvalue weighted by atomic mass is 9.87. The molecule has 0 amide bonds. The molecule has 4 aromatic rings. The Labute approximate surface area is 186 Å². The summed E-state index contributed by atoms with van der Waals surface area (Å²) in [6.45, 7) is 5.55. The number of Topliss-reactive ketones (excluding diaryl/α,β-unsaturated/α-hetero) is 1. The maximum Gasteiger partial charge on any atom is 0.261 e. The monoisotopic (exact) mass is 449 g/mol. The van der Waals surface area contributed by atoms with Gasteiger partial charge in [-0.25, -0.2) is 18.4 Å². The molecule has 0 saturated carbocycles. The van der Waals surface area contributed by atoms with Crippen molar-refractivity contribution in [3.8, 4) is 11.3 Å². The van der Waals surface area contributed by atoms with E-state index in [0.29, 0.717) is 39.4 Å². The van der Waals surface area contributed by atoms with E-state index in [4.69, 9.17) is 5.73 Å². The number of hydrogen-bond donors (Lipinski definition) is 3. The molecule has 0 aliphatic heterocycles. The highest BCUT2D eigenvalue weighted by Crippen LogP contribution is 2.28. The minimum Gasteiger partial charge on any atom is -0.399 e. The highest BCUT2D eigenvalue weighted by atomic mass is 32.2. The Bertz CT molecular complexity index is 1420. The number of nitrogens with zero attached hydrogens (tertiary/aromatic N) is 2. The molecule has 2 aromatic carbocycles. The van der Waals surface area contributed by atoms with Crippen molar-refractivity contribution in [1.82, 2.24) is 15.0 Å². The standard InChI is InChI=1S/C23H23N5O3S/c1-23(2,3)21(29)18-12-25-22-20(18)27-19(13-26-22)14-5-4-6-16(11-14)28-32(30,31)17-9-7-15(24)8-10-17/h4-13,28H,24H2,1-3H3,(H,25,26). The van der Waals surface area contributed by atoms with Crippen LogP contribution in [0.2, 0.25) is 0 Å². The van der Waals surface area contributed by atoms with Crippen molar-refractivity contribution in [2.75, 3.05) is 10.5 Å². The molecule has 4 rings (SSSR count). The third-order valence-electron chi connectivity index (χ3n) is 4.91. The molecular formula is C23H23N5O3S. The first-order chi connectivity index (χ1) is 15.0. The zero-order chi connectivity index (χ0) is 23.1. The summed E-state index contributed by atoms with van der Waals surface area (Å²) in [5, 5.41) is 0. The van der Waals surface area contributed by atoms with Gasteiger partial charge in [0.1, 0.15) is 5.52 Å². The first-order valence-corrected chi connectivity index (χ1v) is 11.4. The summed E-state index contributed by atoms with van der Waals surface area (Å²) in [6.07, 6.45) is 3.21. The van der Waals surface area contributed by atoms with Crippen LogP contribution >= 0.6 is 0 Å². The van der Waals surface area contributed by atoms with E-state index < -0.39 is 15.4 Å². The van der Waals surface area contributed by atoms with Crippen molar-refractivity contribution < 1.29 is 13.2 Å². The second-order valence-electron chi connectivity index (χ2n) is 8.49. The second-order valence-corrected chi connectivity index (χ2v) is 10.2. The Morgan fingerprint density at radius 2 is 1.81 bits per heavy atom. The molecule has 0 unspecified atom stereocenters. The number of H-pyrrole nitrogens is 1. The van der Waals surface area contributed by atoms with Crippen LogP contribution in [0, 0.1) is 5.41 Å². The van der Waals surface area contributed by atoms with Gasteiger partial charge < -0.3 is 10.7 Å². The summed E-state index contributed by atoms with van der Waals surface area (Å²) < 4.78 is 28.0. The summed E-state index contributed by atoms with van der Waals surface area (Å²) in [5.74, 6) is -0.0415. The minimum atomic E-state index is -3.78. The lowest BCUT2D eigenvalue weighted by molar-refractivity contribution is 0.0860. The summed E-state index contributed by atoms with van der Waals surface area (Å²) in [7, 11) is -3.78. The number of carbonyl (C=O) groups excluding carboxylic acids is 1. The molecule has 164 valence electrons. The van der Waals surface area contributed by atoms with Crippen LogP contribution < -0.4 is 10.5 Å². The number of aromatic amines is 1. The number of rotatable bonds is 5. The third kappa shape index (κ3) is 4.19. The Hall–Kier alpha value is -3.72. The van der Waals surface area contributed by atoms with Crippen molar-refractivity contribution in [3.63, 3.8) is 0 Å². The molecule has 2 aromatic heterocycles. The number of fused-ring (bicyclic) bond motifs is 1. The predicted molar refractivity (Wildman–Crippen MR) is 125 cm³/mol. The second kappa shape index (κ2) is 7.76. The van der Waals surface area contributed by atoms with Crippen LogP contribution in [0.5, 0.6) is 0 Å². The number of sulfonamides is 1. The smallest absolute Gasteiger partial charge is 0.261 e. The molecule has 8 nitrogen and oxygen atoms in total. The first kappa shape index (κ1) is 21.5. The summed E-state index contributed by atoms with van der Waals surface area (Å²) in [4.78, 5) is 24.9. The van der Waals surface area contributed by atoms with E-state index >= 15 is 0 Å². The van der Waals surface area contributed by atoms with Gasteiger partial charge in [0.25, 0.3) is 10.0 Å². The quantitative estimate of drug-likeness (QED) is 0.309. The van der Waals surface area contributed by atoms with E-state index in [-0.39, 0.29) is 10.7 Å². The molecule has 0 saturated heterocycles. The molecule has 0 aliphatic carbocycles. The van der Waals surface area contributed by atoms with Gasteiger partial charge in [-0.05, 0) is 36.4 Å². The molecule has 9 heteroatoms. The Morgan fingerprint density at radius 1 is 1.09 bits per heavy atom. The Balaban J connectivity index is 1.69. The number of anilines is 2. The number of nitrogen functional groups attached to an aromatic ring is 1. The van der Waals surface area contributed by atoms with Gasteiger partial charge in [-0.1, -0.05) is 32.9 Å². The van der Waals surface area contributed by atoms with Crippen molar-refractivity contribution in [3.05, 3.63) is 66.5 Å². The van der Waals surface area contributed by atoms with Crippen LogP contribution in [-0.4, -0.2) is 29.2 Å². The van der Waals surface area contributed by atoms with E-state index in [9.17, 15) is 13.2 Å². The van der Waals surface area contributed by atoms with Gasteiger partial charge in [0.15, 0.2) is 11.4 Å². The first-order valence-electron chi connectivity index (χ1n) is 9.92. The van der Waals surface area contributed by atoms with Crippen molar-refractivity contribution in [2.45, 2.75) is 25.7 Å². The van der Waals surface area contributed by atoms with Gasteiger partial charge >= 0.3 is 0 Å². The van der Waals surface area contributed by atoms with Crippen LogP contribution in [0.15, 0.2) is 65.8 Å². The average molecular weight is 450 g/mol. The fourth-order valence-corrected chi connectivity index (χ4v) is 4.26. The van der Waals surface area contributed by atoms with Crippen LogP contribution in [0.3, 0.4) is 0 Å². The van der Waals surface area contributed by atoms with E-state index in [0.717, 1.165) is 0 Å². The normalized spacial score (nSPS) is 12.1. The molecule has 0 fully saturated rings. The van der Waals surface area contributed by atoms with Gasteiger partial charge in [-0.2, -0.15) is 0 Å². The number of ketones is 1. The summed E-state index contributed by atoms with van der Waals surface area (Å²) in [6, 6.07) is 12.8. The van der Waals surface area contributed by atoms with Crippen molar-refractivity contribution in [1.29, 1.82) is 0 Å². The molecule has 32 heavy (non-hydrogen) atoms. The van der Waals surface area contributed by atoms with Gasteiger partial charge in [-0.15, -0.1) is 0 Å². The van der Waals surface area contributed by atoms with Gasteiger partial charge in [0, 0.05) is 28.6 Å². The van der Waals surface area contributed by atoms with Crippen LogP contribution in [0.4, 0.5) is 11.4 Å². The van der Waals surface area contributed by atoms with Crippen LogP contribution in [0.25, 0.3) is 22.4 Å². The van der Waals surface area contributed by atoms with E-state index in [2.05, 4.69) is 19.7 Å². The average Bonchev–Trinajstić information content (AvgIpc) is 3.15. The fraction of sp³-hybridized carbons (Fsp3) is 0.174. The molecule has 4 N–H and O–H groups in total. The molecule has 0 radical (unpaired) electrons. The van der Waals surface area contributed by atoms with E-state index in [1.807, 2.05) is 20.8 Å². The highest BCUT2D eigenvalue weighted by Gasteiger charge is 2.26. The van der Waals surface area contributed by atoms with Crippen LogP contribution in [0.1, 0.15) is 31.1 Å². The molecule has 0 spiro atoms. The lowest BCUT2D eigenvalue weighted by Gasteiger charge is -2.15. The number of nitrogens with two attached hydrogens (primary N) is 1. The summed E-state index contributed by atoms with van der Waals surface area (Å²) >= 11 is 0. The SMILES string of the molecule is CC(C)(C)C(=O)c1c[nH]c2ncc(-c3cccc(NS(=O)(=O)c4ccc(N)cc4)c3)nc12. The number of hydrogen-bond acceptors (Lipinski definition) is 6. The molecular weight excluding hydrogens is 426 g/mol. The predicted octanol–water partition coefficient (Wildman–Crippen LogP) is 4.24. The zero-order valence-corrected chi connectivity index (χ0v) is 18.7. The Kier molecular flexibility index (Phi) is 5.21. The molecule has 0 aliphatic rings. The largest absolute Gasteiger partial charge is 0.399 e. The maximum absolute atomic E-state index is 12.8. The number of benzene rings is 2.